The van der Waals surface area contributed by atoms with Crippen LogP contribution in [-0.4, -0.2) is 53.1 Å². The van der Waals surface area contributed by atoms with E-state index >= 15 is 0 Å². The Balaban J connectivity index is 0.00000109. The molecule has 0 amide bonds. The predicted octanol–water partition coefficient (Wildman–Crippen LogP) is 3.98. The molecule has 1 unspecified atom stereocenters. The lowest BCUT2D eigenvalue weighted by Gasteiger charge is -2.38. The Kier molecular flexibility index (Phi) is 5.98. The minimum absolute atomic E-state index is 0.393. The molecule has 2 aromatic rings. The molecule has 7 heteroatoms. The first-order valence-electron chi connectivity index (χ1n) is 8.76. The number of aryl methyl sites for hydroxylation is 2. The van der Waals surface area contributed by atoms with Gasteiger partial charge in [-0.15, -0.1) is 0 Å². The average Bonchev–Trinajstić information content (AvgIpc) is 2.91. The molecule has 1 aliphatic rings. The van der Waals surface area contributed by atoms with Crippen molar-refractivity contribution in [2.75, 3.05) is 31.1 Å². The lowest BCUT2D eigenvalue weighted by Crippen LogP contribution is -2.53. The molecule has 3 rings (SSSR count). The number of piperazine rings is 1. The van der Waals surface area contributed by atoms with Crippen LogP contribution < -0.4 is 4.90 Å². The molecule has 1 fully saturated rings. The van der Waals surface area contributed by atoms with Gasteiger partial charge in [-0.3, -0.25) is 9.58 Å². The van der Waals surface area contributed by atoms with E-state index in [9.17, 15) is 13.2 Å². The summed E-state index contributed by atoms with van der Waals surface area (Å²) < 4.78 is 40.3. The maximum atomic E-state index is 12.8. The monoisotopic (exact) mass is 356 g/mol. The van der Waals surface area contributed by atoms with Crippen molar-refractivity contribution in [3.8, 4) is 0 Å². The summed E-state index contributed by atoms with van der Waals surface area (Å²) in [5.41, 5.74) is 2.19. The van der Waals surface area contributed by atoms with Gasteiger partial charge in [-0.2, -0.15) is 18.3 Å². The summed E-state index contributed by atoms with van der Waals surface area (Å²) in [5.74, 6) is 0.866. The molecule has 25 heavy (non-hydrogen) atoms. The summed E-state index contributed by atoms with van der Waals surface area (Å²) in [6.45, 7) is 9.16. The van der Waals surface area contributed by atoms with Crippen LogP contribution in [0, 0.1) is 6.92 Å². The Morgan fingerprint density at radius 1 is 1.08 bits per heavy atom. The van der Waals surface area contributed by atoms with Gasteiger partial charge in [0.25, 0.3) is 0 Å². The minimum atomic E-state index is -4.17. The van der Waals surface area contributed by atoms with Crippen LogP contribution in [0.5, 0.6) is 0 Å². The van der Waals surface area contributed by atoms with Gasteiger partial charge in [0.1, 0.15) is 6.04 Å². The van der Waals surface area contributed by atoms with Crippen molar-refractivity contribution in [2.24, 2.45) is 7.05 Å². The first-order valence-corrected chi connectivity index (χ1v) is 8.76. The topological polar surface area (TPSA) is 24.3 Å². The molecular weight excluding hydrogens is 329 g/mol. The van der Waals surface area contributed by atoms with Crippen molar-refractivity contribution < 1.29 is 13.2 Å². The third kappa shape index (κ3) is 4.08. The van der Waals surface area contributed by atoms with E-state index in [1.807, 2.05) is 44.6 Å². The number of halogens is 3. The van der Waals surface area contributed by atoms with Gasteiger partial charge in [-0.05, 0) is 26.0 Å². The van der Waals surface area contributed by atoms with E-state index in [1.165, 1.54) is 11.8 Å². The first-order chi connectivity index (χ1) is 11.8. The van der Waals surface area contributed by atoms with Gasteiger partial charge < -0.3 is 4.90 Å². The molecule has 1 aliphatic heterocycles. The van der Waals surface area contributed by atoms with Gasteiger partial charge in [0.2, 0.25) is 0 Å². The fourth-order valence-corrected chi connectivity index (χ4v) is 3.12. The zero-order valence-electron chi connectivity index (χ0n) is 15.6. The Bertz CT molecular complexity index is 700. The molecule has 4 nitrogen and oxygen atoms in total. The molecule has 0 bridgehead atoms. The number of fused-ring (bicyclic) bond motifs is 1. The van der Waals surface area contributed by atoms with Gasteiger partial charge in [0, 0.05) is 38.6 Å². The summed E-state index contributed by atoms with van der Waals surface area (Å²) in [6.07, 6.45) is -4.17. The van der Waals surface area contributed by atoms with Gasteiger partial charge in [-0.25, -0.2) is 0 Å². The van der Waals surface area contributed by atoms with Crippen LogP contribution in [0.1, 0.15) is 26.3 Å². The summed E-state index contributed by atoms with van der Waals surface area (Å²) in [7, 11) is 1.89. The molecule has 1 atom stereocenters. The van der Waals surface area contributed by atoms with E-state index in [0.717, 1.165) is 22.3 Å². The number of hydrogen-bond acceptors (Lipinski definition) is 3. The maximum absolute atomic E-state index is 12.8. The van der Waals surface area contributed by atoms with Gasteiger partial charge in [0.05, 0.1) is 5.52 Å². The number of aromatic nitrogens is 2. The van der Waals surface area contributed by atoms with E-state index in [4.69, 9.17) is 0 Å². The lowest BCUT2D eigenvalue weighted by atomic mass is 10.1. The largest absolute Gasteiger partial charge is 0.403 e. The van der Waals surface area contributed by atoms with Gasteiger partial charge >= 0.3 is 6.18 Å². The fraction of sp³-hybridized carbons (Fsp3) is 0.611. The summed E-state index contributed by atoms with van der Waals surface area (Å²) in [4.78, 5) is 3.58. The Labute approximate surface area is 147 Å². The summed E-state index contributed by atoms with van der Waals surface area (Å²) in [6, 6.07) is 4.76. The zero-order valence-corrected chi connectivity index (χ0v) is 15.6. The highest BCUT2D eigenvalue weighted by Crippen LogP contribution is 2.29. The molecule has 1 saturated heterocycles. The van der Waals surface area contributed by atoms with Crippen molar-refractivity contribution >= 4 is 16.7 Å². The number of alkyl halides is 3. The second-order valence-corrected chi connectivity index (χ2v) is 6.21. The number of anilines is 1. The average molecular weight is 356 g/mol. The smallest absolute Gasteiger partial charge is 0.352 e. The van der Waals surface area contributed by atoms with Crippen molar-refractivity contribution in [3.05, 3.63) is 23.8 Å². The highest BCUT2D eigenvalue weighted by Gasteiger charge is 2.41. The lowest BCUT2D eigenvalue weighted by molar-refractivity contribution is -0.179. The third-order valence-corrected chi connectivity index (χ3v) is 4.62. The molecule has 0 spiro atoms. The quantitative estimate of drug-likeness (QED) is 0.813. The molecule has 0 N–H and O–H groups in total. The molecule has 140 valence electrons. The minimum Gasteiger partial charge on any atom is -0.352 e. The van der Waals surface area contributed by atoms with E-state index in [0.29, 0.717) is 26.2 Å². The molecule has 0 saturated carbocycles. The summed E-state index contributed by atoms with van der Waals surface area (Å²) in [5, 5.41) is 5.64. The van der Waals surface area contributed by atoms with E-state index < -0.39 is 12.2 Å². The molecule has 0 aliphatic carbocycles. The van der Waals surface area contributed by atoms with Crippen LogP contribution in [0.15, 0.2) is 18.2 Å². The molecule has 2 heterocycles. The molecule has 0 radical (unpaired) electrons. The SMILES string of the molecule is CC.Cc1ccc2c(c1)c(N1CCN(C(C)C(F)(F)F)CC1)nn2C. The number of hydrogen-bond donors (Lipinski definition) is 0. The van der Waals surface area contributed by atoms with Crippen LogP contribution in [0.25, 0.3) is 10.9 Å². The predicted molar refractivity (Wildman–Crippen MR) is 96.1 cm³/mol. The standard InChI is InChI=1S/C16H21F3N4.C2H6/c1-11-4-5-14-13(10-11)15(20-21(14)3)23-8-6-22(7-9-23)12(2)16(17,18)19;1-2/h4-5,10,12H,6-9H2,1-3H3;1-2H3. The van der Waals surface area contributed by atoms with Gasteiger partial charge in [0.15, 0.2) is 5.82 Å². The van der Waals surface area contributed by atoms with E-state index in [1.54, 1.807) is 0 Å². The number of nitrogens with zero attached hydrogens (tertiary/aromatic N) is 4. The Morgan fingerprint density at radius 3 is 2.24 bits per heavy atom. The van der Waals surface area contributed by atoms with E-state index in [-0.39, 0.29) is 0 Å². The van der Waals surface area contributed by atoms with Crippen LogP contribution in [0.4, 0.5) is 19.0 Å². The van der Waals surface area contributed by atoms with Crippen LogP contribution >= 0.6 is 0 Å². The third-order valence-electron chi connectivity index (χ3n) is 4.62. The summed E-state index contributed by atoms with van der Waals surface area (Å²) >= 11 is 0. The maximum Gasteiger partial charge on any atom is 0.403 e. The fourth-order valence-electron chi connectivity index (χ4n) is 3.12. The van der Waals surface area contributed by atoms with Crippen molar-refractivity contribution in [3.63, 3.8) is 0 Å². The molecule has 1 aromatic carbocycles. The normalized spacial score (nSPS) is 17.4. The Hall–Kier alpha value is -1.76. The highest BCUT2D eigenvalue weighted by atomic mass is 19.4. The van der Waals surface area contributed by atoms with Crippen molar-refractivity contribution in [1.29, 1.82) is 0 Å². The second kappa shape index (κ2) is 7.64. The second-order valence-electron chi connectivity index (χ2n) is 6.21. The molecular formula is C18H27F3N4. The highest BCUT2D eigenvalue weighted by molar-refractivity contribution is 5.91. The molecule has 1 aromatic heterocycles. The first kappa shape index (κ1) is 19.6. The van der Waals surface area contributed by atoms with Gasteiger partial charge in [-0.1, -0.05) is 25.5 Å². The zero-order chi connectivity index (χ0) is 18.8. The Morgan fingerprint density at radius 2 is 1.68 bits per heavy atom. The van der Waals surface area contributed by atoms with Crippen LogP contribution in [0.3, 0.4) is 0 Å². The number of benzene rings is 1. The van der Waals surface area contributed by atoms with Crippen LogP contribution in [-0.2, 0) is 7.05 Å². The van der Waals surface area contributed by atoms with Crippen LogP contribution in [0.2, 0.25) is 0 Å². The van der Waals surface area contributed by atoms with E-state index in [2.05, 4.69) is 16.1 Å². The number of rotatable bonds is 2. The van der Waals surface area contributed by atoms with Crippen molar-refractivity contribution in [2.45, 2.75) is 39.9 Å². The van der Waals surface area contributed by atoms with Crippen molar-refractivity contribution in [1.82, 2.24) is 14.7 Å².